The Morgan fingerprint density at radius 2 is 1.70 bits per heavy atom. The van der Waals surface area contributed by atoms with E-state index in [-0.39, 0.29) is 11.6 Å². The van der Waals surface area contributed by atoms with E-state index in [4.69, 9.17) is 9.47 Å². The Morgan fingerprint density at radius 3 is 2.27 bits per heavy atom. The van der Waals surface area contributed by atoms with Crippen LogP contribution in [0.2, 0.25) is 0 Å². The molecule has 0 atom stereocenters. The minimum Gasteiger partial charge on any atom is -0.495 e. The number of hydrogen-bond donors (Lipinski definition) is 0. The molecule has 0 unspecified atom stereocenters. The van der Waals surface area contributed by atoms with Gasteiger partial charge in [0.15, 0.2) is 5.13 Å². The maximum atomic E-state index is 13.3. The summed E-state index contributed by atoms with van der Waals surface area (Å²) in [5.41, 5.74) is 0.890. The van der Waals surface area contributed by atoms with Crippen molar-refractivity contribution in [3.05, 3.63) is 52.1 Å². The van der Waals surface area contributed by atoms with Crippen LogP contribution in [0.25, 0.3) is 10.2 Å². The topological polar surface area (TPSA) is 98.0 Å². The molecule has 0 bridgehead atoms. The molecule has 0 N–H and O–H groups in total. The number of ether oxygens (including phenoxy) is 2. The van der Waals surface area contributed by atoms with Crippen molar-refractivity contribution in [1.82, 2.24) is 9.88 Å². The van der Waals surface area contributed by atoms with Crippen LogP contribution in [0.3, 0.4) is 0 Å². The molecule has 0 saturated heterocycles. The predicted octanol–water partition coefficient (Wildman–Crippen LogP) is 3.43. The van der Waals surface area contributed by atoms with Gasteiger partial charge in [0, 0.05) is 30.8 Å². The molecule has 30 heavy (non-hydrogen) atoms. The Labute approximate surface area is 177 Å². The number of rotatable bonds is 8. The molecule has 0 spiro atoms. The molecule has 1 aromatic heterocycles. The van der Waals surface area contributed by atoms with Gasteiger partial charge in [0.1, 0.15) is 21.7 Å². The second-order valence-electron chi connectivity index (χ2n) is 6.71. The van der Waals surface area contributed by atoms with Crippen molar-refractivity contribution >= 4 is 38.3 Å². The van der Waals surface area contributed by atoms with E-state index in [2.05, 4.69) is 4.98 Å². The molecular weight excluding hydrogens is 408 g/mol. The Bertz CT molecular complexity index is 1020. The molecule has 1 heterocycles. The number of benzene rings is 2. The van der Waals surface area contributed by atoms with Gasteiger partial charge in [-0.25, -0.2) is 4.98 Å². The van der Waals surface area contributed by atoms with Crippen LogP contribution >= 0.6 is 11.3 Å². The summed E-state index contributed by atoms with van der Waals surface area (Å²) >= 11 is 1.33. The van der Waals surface area contributed by atoms with Crippen LogP contribution in [0.5, 0.6) is 11.5 Å². The lowest BCUT2D eigenvalue weighted by Crippen LogP contribution is -2.36. The van der Waals surface area contributed by atoms with Crippen molar-refractivity contribution in [2.75, 3.05) is 46.3 Å². The van der Waals surface area contributed by atoms with Gasteiger partial charge in [0.2, 0.25) is 0 Å². The largest absolute Gasteiger partial charge is 0.495 e. The number of amides is 1. The smallest absolute Gasteiger partial charge is 0.269 e. The number of thiazole rings is 1. The zero-order valence-corrected chi connectivity index (χ0v) is 17.9. The lowest BCUT2D eigenvalue weighted by Gasteiger charge is -2.22. The van der Waals surface area contributed by atoms with Crippen molar-refractivity contribution in [3.63, 3.8) is 0 Å². The molecule has 3 aromatic rings. The highest BCUT2D eigenvalue weighted by atomic mass is 32.1. The van der Waals surface area contributed by atoms with Crippen molar-refractivity contribution in [3.8, 4) is 11.5 Å². The molecular formula is C20H22N4O5S. The van der Waals surface area contributed by atoms with Crippen LogP contribution in [-0.2, 0) is 0 Å². The number of non-ortho nitro benzene ring substituents is 1. The first-order valence-corrected chi connectivity index (χ1v) is 9.90. The number of aromatic nitrogens is 1. The number of carbonyl (C=O) groups excluding carboxylic acids is 1. The average Bonchev–Trinajstić information content (AvgIpc) is 3.18. The first-order valence-electron chi connectivity index (χ1n) is 9.08. The van der Waals surface area contributed by atoms with Crippen molar-refractivity contribution < 1.29 is 19.2 Å². The van der Waals surface area contributed by atoms with E-state index < -0.39 is 4.92 Å². The van der Waals surface area contributed by atoms with E-state index in [1.54, 1.807) is 31.3 Å². The Kier molecular flexibility index (Phi) is 6.48. The number of methoxy groups -OCH3 is 2. The fraction of sp³-hybridized carbons (Fsp3) is 0.300. The maximum absolute atomic E-state index is 13.3. The van der Waals surface area contributed by atoms with Gasteiger partial charge in [-0.3, -0.25) is 19.8 Å². The number of nitro benzene ring substituents is 1. The van der Waals surface area contributed by atoms with E-state index in [1.807, 2.05) is 19.0 Å². The molecule has 0 aliphatic carbocycles. The summed E-state index contributed by atoms with van der Waals surface area (Å²) in [4.78, 5) is 31.9. The highest BCUT2D eigenvalue weighted by Gasteiger charge is 2.24. The molecule has 0 fully saturated rings. The Hall–Kier alpha value is -3.24. The number of carbonyl (C=O) groups is 1. The SMILES string of the molecule is COc1ccc(OC)c2sc(N(CCN(C)C)C(=O)c3ccc([N+](=O)[O-])cc3)nc12. The summed E-state index contributed by atoms with van der Waals surface area (Å²) in [6, 6.07) is 9.12. The average molecular weight is 430 g/mol. The summed E-state index contributed by atoms with van der Waals surface area (Å²) in [5, 5.41) is 11.4. The fourth-order valence-electron chi connectivity index (χ4n) is 2.86. The zero-order chi connectivity index (χ0) is 21.8. The third-order valence-corrected chi connectivity index (χ3v) is 5.56. The highest BCUT2D eigenvalue weighted by Crippen LogP contribution is 2.40. The Balaban J connectivity index is 2.05. The first-order chi connectivity index (χ1) is 14.3. The van der Waals surface area contributed by atoms with E-state index in [1.165, 1.54) is 35.6 Å². The third kappa shape index (κ3) is 4.34. The maximum Gasteiger partial charge on any atom is 0.269 e. The van der Waals surface area contributed by atoms with Gasteiger partial charge in [-0.15, -0.1) is 0 Å². The van der Waals surface area contributed by atoms with E-state index in [9.17, 15) is 14.9 Å². The van der Waals surface area contributed by atoms with Crippen molar-refractivity contribution in [2.24, 2.45) is 0 Å². The first kappa shape index (κ1) is 21.5. The molecule has 0 aliphatic heterocycles. The predicted molar refractivity (Wildman–Crippen MR) is 116 cm³/mol. The summed E-state index contributed by atoms with van der Waals surface area (Å²) in [7, 11) is 6.97. The molecule has 9 nitrogen and oxygen atoms in total. The van der Waals surface area contributed by atoms with Gasteiger partial charge in [-0.1, -0.05) is 11.3 Å². The monoisotopic (exact) mass is 430 g/mol. The number of hydrogen-bond acceptors (Lipinski definition) is 8. The van der Waals surface area contributed by atoms with Gasteiger partial charge in [-0.05, 0) is 38.4 Å². The second kappa shape index (κ2) is 9.06. The number of fused-ring (bicyclic) bond motifs is 1. The third-order valence-electron chi connectivity index (χ3n) is 4.47. The van der Waals surface area contributed by atoms with Gasteiger partial charge in [-0.2, -0.15) is 0 Å². The normalized spacial score (nSPS) is 11.0. The molecule has 0 saturated carbocycles. The molecule has 0 aliphatic rings. The molecule has 3 rings (SSSR count). The lowest BCUT2D eigenvalue weighted by atomic mass is 10.2. The number of likely N-dealkylation sites (N-methyl/N-ethyl adjacent to an activating group) is 1. The number of anilines is 1. The van der Waals surface area contributed by atoms with Gasteiger partial charge in [0.05, 0.1) is 19.1 Å². The standard InChI is InChI=1S/C20H22N4O5S/c1-22(2)11-12-23(19(25)13-5-7-14(8-6-13)24(26)27)20-21-17-15(28-3)9-10-16(29-4)18(17)30-20/h5-10H,11-12H2,1-4H3. The number of nitrogens with zero attached hydrogens (tertiary/aromatic N) is 4. The quantitative estimate of drug-likeness (QED) is 0.399. The molecule has 1 amide bonds. The number of nitro groups is 1. The van der Waals surface area contributed by atoms with E-state index in [0.717, 1.165) is 4.70 Å². The second-order valence-corrected chi connectivity index (χ2v) is 7.69. The van der Waals surface area contributed by atoms with Crippen LogP contribution in [0.4, 0.5) is 10.8 Å². The zero-order valence-electron chi connectivity index (χ0n) is 17.1. The summed E-state index contributed by atoms with van der Waals surface area (Å²) in [5.74, 6) is 0.942. The van der Waals surface area contributed by atoms with Gasteiger partial charge in [0.25, 0.3) is 11.6 Å². The summed E-state index contributed by atoms with van der Waals surface area (Å²) in [6.07, 6.45) is 0. The highest BCUT2D eigenvalue weighted by molar-refractivity contribution is 7.22. The minimum atomic E-state index is -0.496. The van der Waals surface area contributed by atoms with Gasteiger partial charge >= 0.3 is 0 Å². The summed E-state index contributed by atoms with van der Waals surface area (Å²) in [6.45, 7) is 1.01. The van der Waals surface area contributed by atoms with E-state index in [0.29, 0.717) is 40.8 Å². The van der Waals surface area contributed by atoms with Crippen LogP contribution in [-0.4, -0.2) is 62.1 Å². The van der Waals surface area contributed by atoms with Crippen LogP contribution < -0.4 is 14.4 Å². The Morgan fingerprint density at radius 1 is 1.07 bits per heavy atom. The van der Waals surface area contributed by atoms with Crippen LogP contribution in [0.15, 0.2) is 36.4 Å². The van der Waals surface area contributed by atoms with Crippen molar-refractivity contribution in [1.29, 1.82) is 0 Å². The molecule has 2 aromatic carbocycles. The van der Waals surface area contributed by atoms with E-state index >= 15 is 0 Å². The lowest BCUT2D eigenvalue weighted by molar-refractivity contribution is -0.384. The fourth-order valence-corrected chi connectivity index (χ4v) is 3.95. The molecule has 10 heteroatoms. The van der Waals surface area contributed by atoms with Crippen molar-refractivity contribution in [2.45, 2.75) is 0 Å². The summed E-state index contributed by atoms with van der Waals surface area (Å²) < 4.78 is 11.6. The molecule has 0 radical (unpaired) electrons. The minimum absolute atomic E-state index is 0.0687. The van der Waals surface area contributed by atoms with Crippen LogP contribution in [0.1, 0.15) is 10.4 Å². The molecule has 158 valence electrons. The van der Waals surface area contributed by atoms with Crippen LogP contribution in [0, 0.1) is 10.1 Å². The van der Waals surface area contributed by atoms with Gasteiger partial charge < -0.3 is 14.4 Å².